The van der Waals surface area contributed by atoms with Crippen molar-refractivity contribution < 1.29 is 4.74 Å². The van der Waals surface area contributed by atoms with Gasteiger partial charge in [0.05, 0.1) is 13.2 Å². The first-order valence-corrected chi connectivity index (χ1v) is 4.34. The van der Waals surface area contributed by atoms with Crippen LogP contribution in [0.3, 0.4) is 0 Å². The highest BCUT2D eigenvalue weighted by Crippen LogP contribution is 2.38. The van der Waals surface area contributed by atoms with Gasteiger partial charge in [-0.3, -0.25) is 0 Å². The van der Waals surface area contributed by atoms with Gasteiger partial charge in [0, 0.05) is 11.0 Å². The average molecular weight is 157 g/mol. The molecule has 66 valence electrons. The van der Waals surface area contributed by atoms with Gasteiger partial charge >= 0.3 is 0 Å². The standard InChI is InChI=1S/C9H19NO/c1-4-9(6-11-7-9)5-8(2,3)10/h4-7,10H2,1-3H3. The van der Waals surface area contributed by atoms with Gasteiger partial charge in [-0.25, -0.2) is 0 Å². The van der Waals surface area contributed by atoms with Crippen molar-refractivity contribution in [2.24, 2.45) is 11.1 Å². The van der Waals surface area contributed by atoms with E-state index in [9.17, 15) is 0 Å². The molecule has 0 unspecified atom stereocenters. The number of rotatable bonds is 3. The molecule has 2 N–H and O–H groups in total. The van der Waals surface area contributed by atoms with Crippen molar-refractivity contribution in [1.82, 2.24) is 0 Å². The molecule has 0 radical (unpaired) electrons. The van der Waals surface area contributed by atoms with Crippen molar-refractivity contribution in [3.8, 4) is 0 Å². The summed E-state index contributed by atoms with van der Waals surface area (Å²) in [4.78, 5) is 0. The number of hydrogen-bond donors (Lipinski definition) is 1. The molecule has 1 saturated heterocycles. The Morgan fingerprint density at radius 2 is 2.00 bits per heavy atom. The molecule has 1 fully saturated rings. The van der Waals surface area contributed by atoms with Crippen molar-refractivity contribution in [2.45, 2.75) is 39.2 Å². The second-order valence-corrected chi connectivity index (χ2v) is 4.51. The maximum Gasteiger partial charge on any atom is 0.0545 e. The Balaban J connectivity index is 2.45. The molecular weight excluding hydrogens is 138 g/mol. The predicted octanol–water partition coefficient (Wildman–Crippen LogP) is 1.54. The summed E-state index contributed by atoms with van der Waals surface area (Å²) in [5, 5.41) is 0. The largest absolute Gasteiger partial charge is 0.380 e. The summed E-state index contributed by atoms with van der Waals surface area (Å²) in [6.07, 6.45) is 2.27. The van der Waals surface area contributed by atoms with E-state index in [1.807, 2.05) is 0 Å². The average Bonchev–Trinajstić information content (AvgIpc) is 1.77. The fourth-order valence-electron chi connectivity index (χ4n) is 1.79. The molecule has 1 aliphatic heterocycles. The number of ether oxygens (including phenoxy) is 1. The molecule has 2 nitrogen and oxygen atoms in total. The smallest absolute Gasteiger partial charge is 0.0545 e. The summed E-state index contributed by atoms with van der Waals surface area (Å²) in [6.45, 7) is 8.20. The van der Waals surface area contributed by atoms with E-state index in [1.54, 1.807) is 0 Å². The minimum absolute atomic E-state index is 0.0419. The Kier molecular flexibility index (Phi) is 2.26. The van der Waals surface area contributed by atoms with Gasteiger partial charge in [0.1, 0.15) is 0 Å². The van der Waals surface area contributed by atoms with Crippen LogP contribution in [-0.4, -0.2) is 18.8 Å². The molecule has 1 heterocycles. The maximum atomic E-state index is 5.95. The summed E-state index contributed by atoms with van der Waals surface area (Å²) < 4.78 is 5.22. The Hall–Kier alpha value is -0.0800. The van der Waals surface area contributed by atoms with E-state index >= 15 is 0 Å². The molecule has 0 saturated carbocycles. The van der Waals surface area contributed by atoms with E-state index in [2.05, 4.69) is 20.8 Å². The van der Waals surface area contributed by atoms with Crippen molar-refractivity contribution in [2.75, 3.05) is 13.2 Å². The number of nitrogens with two attached hydrogens (primary N) is 1. The Labute approximate surface area is 69.1 Å². The fourth-order valence-corrected chi connectivity index (χ4v) is 1.79. The Morgan fingerprint density at radius 3 is 2.09 bits per heavy atom. The summed E-state index contributed by atoms with van der Waals surface area (Å²) >= 11 is 0. The molecule has 1 rings (SSSR count). The van der Waals surface area contributed by atoms with Crippen molar-refractivity contribution in [1.29, 1.82) is 0 Å². The van der Waals surface area contributed by atoms with E-state index in [0.29, 0.717) is 5.41 Å². The molecule has 11 heavy (non-hydrogen) atoms. The van der Waals surface area contributed by atoms with E-state index in [4.69, 9.17) is 10.5 Å². The molecule has 1 aliphatic rings. The zero-order valence-electron chi connectivity index (χ0n) is 7.81. The van der Waals surface area contributed by atoms with Gasteiger partial charge in [-0.05, 0) is 26.7 Å². The van der Waals surface area contributed by atoms with Crippen LogP contribution in [0.15, 0.2) is 0 Å². The lowest BCUT2D eigenvalue weighted by molar-refractivity contribution is -0.126. The highest BCUT2D eigenvalue weighted by atomic mass is 16.5. The van der Waals surface area contributed by atoms with Gasteiger partial charge in [0.25, 0.3) is 0 Å². The minimum Gasteiger partial charge on any atom is -0.380 e. The van der Waals surface area contributed by atoms with E-state index in [1.165, 1.54) is 6.42 Å². The van der Waals surface area contributed by atoms with Crippen molar-refractivity contribution in [3.05, 3.63) is 0 Å². The molecule has 0 bridgehead atoms. The molecule has 0 aromatic carbocycles. The molecule has 0 spiro atoms. The maximum absolute atomic E-state index is 5.95. The first-order valence-electron chi connectivity index (χ1n) is 4.34. The first kappa shape index (κ1) is 9.01. The molecular formula is C9H19NO. The molecule has 0 aliphatic carbocycles. The lowest BCUT2D eigenvalue weighted by atomic mass is 9.74. The zero-order chi connectivity index (χ0) is 8.54. The van der Waals surface area contributed by atoms with Crippen LogP contribution in [0.1, 0.15) is 33.6 Å². The van der Waals surface area contributed by atoms with Crippen LogP contribution in [-0.2, 0) is 4.74 Å². The highest BCUT2D eigenvalue weighted by Gasteiger charge is 2.39. The zero-order valence-corrected chi connectivity index (χ0v) is 7.81. The lowest BCUT2D eigenvalue weighted by Crippen LogP contribution is -2.49. The molecule has 0 amide bonds. The first-order chi connectivity index (χ1) is 4.97. The SMILES string of the molecule is CCC1(CC(C)(C)N)COC1. The van der Waals surface area contributed by atoms with Gasteiger partial charge in [-0.1, -0.05) is 6.92 Å². The number of hydrogen-bond acceptors (Lipinski definition) is 2. The van der Waals surface area contributed by atoms with E-state index in [-0.39, 0.29) is 5.54 Å². The van der Waals surface area contributed by atoms with Crippen molar-refractivity contribution in [3.63, 3.8) is 0 Å². The lowest BCUT2D eigenvalue weighted by Gasteiger charge is -2.44. The van der Waals surface area contributed by atoms with Crippen LogP contribution >= 0.6 is 0 Å². The van der Waals surface area contributed by atoms with E-state index < -0.39 is 0 Å². The molecule has 0 aromatic heterocycles. The summed E-state index contributed by atoms with van der Waals surface area (Å²) in [7, 11) is 0. The van der Waals surface area contributed by atoms with Gasteiger partial charge in [0.15, 0.2) is 0 Å². The Morgan fingerprint density at radius 1 is 1.45 bits per heavy atom. The fraction of sp³-hybridized carbons (Fsp3) is 1.00. The van der Waals surface area contributed by atoms with Crippen molar-refractivity contribution >= 4 is 0 Å². The predicted molar refractivity (Wildman–Crippen MR) is 46.4 cm³/mol. The summed E-state index contributed by atoms with van der Waals surface area (Å²) in [5.41, 5.74) is 6.31. The van der Waals surface area contributed by atoms with Crippen LogP contribution in [0.4, 0.5) is 0 Å². The van der Waals surface area contributed by atoms with Crippen LogP contribution in [0, 0.1) is 5.41 Å². The van der Waals surface area contributed by atoms with Crippen LogP contribution in [0.25, 0.3) is 0 Å². The molecule has 2 heteroatoms. The summed E-state index contributed by atoms with van der Waals surface area (Å²) in [6, 6.07) is 0. The van der Waals surface area contributed by atoms with Crippen LogP contribution < -0.4 is 5.73 Å². The van der Waals surface area contributed by atoms with Gasteiger partial charge in [-0.2, -0.15) is 0 Å². The second-order valence-electron chi connectivity index (χ2n) is 4.51. The summed E-state index contributed by atoms with van der Waals surface area (Å²) in [5.74, 6) is 0. The van der Waals surface area contributed by atoms with Gasteiger partial charge in [-0.15, -0.1) is 0 Å². The second kappa shape index (κ2) is 2.76. The van der Waals surface area contributed by atoms with E-state index in [0.717, 1.165) is 19.6 Å². The van der Waals surface area contributed by atoms with Gasteiger partial charge < -0.3 is 10.5 Å². The van der Waals surface area contributed by atoms with Crippen LogP contribution in [0.2, 0.25) is 0 Å². The minimum atomic E-state index is -0.0419. The Bertz CT molecular complexity index is 127. The van der Waals surface area contributed by atoms with Crippen LogP contribution in [0.5, 0.6) is 0 Å². The molecule has 0 atom stereocenters. The third-order valence-corrected chi connectivity index (χ3v) is 2.40. The quantitative estimate of drug-likeness (QED) is 0.674. The molecule has 0 aromatic rings. The normalized spacial score (nSPS) is 22.9. The third kappa shape index (κ3) is 2.17. The highest BCUT2D eigenvalue weighted by molar-refractivity contribution is 4.91. The topological polar surface area (TPSA) is 35.2 Å². The van der Waals surface area contributed by atoms with Gasteiger partial charge in [0.2, 0.25) is 0 Å². The monoisotopic (exact) mass is 157 g/mol. The third-order valence-electron chi connectivity index (χ3n) is 2.40.